The Morgan fingerprint density at radius 3 is 2.69 bits per heavy atom. The average molecular weight is 422 g/mol. The lowest BCUT2D eigenvalue weighted by Crippen LogP contribution is -2.36. The number of nitrogens with one attached hydrogen (secondary N) is 1. The molecule has 0 bridgehead atoms. The van der Waals surface area contributed by atoms with Crippen molar-refractivity contribution in [3.05, 3.63) is 23.8 Å². The van der Waals surface area contributed by atoms with Crippen LogP contribution in [0.2, 0.25) is 25.7 Å². The van der Waals surface area contributed by atoms with Crippen molar-refractivity contribution in [1.29, 1.82) is 0 Å². The average Bonchev–Trinajstić information content (AvgIpc) is 2.92. The lowest BCUT2D eigenvalue weighted by Gasteiger charge is -2.29. The predicted octanol–water partition coefficient (Wildman–Crippen LogP) is 3.09. The summed E-state index contributed by atoms with van der Waals surface area (Å²) in [5, 5.41) is 3.72. The van der Waals surface area contributed by atoms with Crippen LogP contribution in [0.5, 0.6) is 0 Å². The highest BCUT2D eigenvalue weighted by Crippen LogP contribution is 2.27. The molecule has 3 rings (SSSR count). The molecule has 9 heteroatoms. The first-order chi connectivity index (χ1) is 13.7. The molecule has 3 heterocycles. The molecule has 0 aromatic carbocycles. The number of ether oxygens (including phenoxy) is 1. The number of aromatic nitrogens is 2. The van der Waals surface area contributed by atoms with Gasteiger partial charge in [-0.05, 0) is 45.1 Å². The third kappa shape index (κ3) is 5.34. The monoisotopic (exact) mass is 421 g/mol. The Morgan fingerprint density at radius 2 is 2.07 bits per heavy atom. The van der Waals surface area contributed by atoms with Gasteiger partial charge in [0.05, 0.1) is 11.7 Å². The summed E-state index contributed by atoms with van der Waals surface area (Å²) < 4.78 is 22.3. The topological polar surface area (TPSA) is 85.4 Å². The smallest absolute Gasteiger partial charge is 0.268 e. The van der Waals surface area contributed by atoms with Crippen LogP contribution >= 0.6 is 0 Å². The van der Waals surface area contributed by atoms with E-state index in [1.165, 1.54) is 4.57 Å². The summed E-state index contributed by atoms with van der Waals surface area (Å²) in [6.45, 7) is 9.47. The summed E-state index contributed by atoms with van der Waals surface area (Å²) in [6.07, 6.45) is 3.61. The van der Waals surface area contributed by atoms with Gasteiger partial charge in [0.15, 0.2) is 5.82 Å². The quantitative estimate of drug-likeness (QED) is 0.505. The number of hydrogen-bond donors (Lipinski definition) is 2. The van der Waals surface area contributed by atoms with Gasteiger partial charge < -0.3 is 25.3 Å². The third-order valence-corrected chi connectivity index (χ3v) is 7.11. The maximum atomic E-state index is 15.0. The fourth-order valence-corrected chi connectivity index (χ4v) is 4.31. The van der Waals surface area contributed by atoms with Gasteiger partial charge in [-0.1, -0.05) is 19.6 Å². The number of amides is 1. The molecule has 2 aromatic heterocycles. The molecule has 1 aliphatic rings. The fraction of sp³-hybridized carbons (Fsp3) is 0.600. The van der Waals surface area contributed by atoms with Crippen LogP contribution in [0.4, 0.5) is 10.2 Å². The molecule has 0 saturated carbocycles. The van der Waals surface area contributed by atoms with E-state index >= 15 is 4.39 Å². The van der Waals surface area contributed by atoms with Crippen molar-refractivity contribution in [3.63, 3.8) is 0 Å². The van der Waals surface area contributed by atoms with Gasteiger partial charge in [-0.3, -0.25) is 4.79 Å². The maximum Gasteiger partial charge on any atom is 0.268 e. The lowest BCUT2D eigenvalue weighted by atomic mass is 10.1. The molecule has 1 amide bonds. The van der Waals surface area contributed by atoms with Crippen LogP contribution in [0.25, 0.3) is 10.9 Å². The van der Waals surface area contributed by atoms with Crippen LogP contribution in [-0.2, 0) is 11.5 Å². The standard InChI is InChI=1S/C20H32FN5O2Si/c1-25-7-5-14(6-8-25)24-17-11-15-16(12-23-17)26(19(18(15)21)20(22)27)13-28-9-10-29(2,3)4/h11-12,14H,5-10,13H2,1-4H3,(H2,22,27)(H,23,24). The minimum Gasteiger partial charge on any atom is -0.367 e. The number of likely N-dealkylation sites (tertiary alicyclic amines) is 1. The molecule has 1 fully saturated rings. The molecule has 2 aromatic rings. The van der Waals surface area contributed by atoms with Gasteiger partial charge in [-0.25, -0.2) is 9.37 Å². The second-order valence-electron chi connectivity index (χ2n) is 9.11. The van der Waals surface area contributed by atoms with Crippen LogP contribution in [-0.4, -0.2) is 61.2 Å². The Balaban J connectivity index is 1.81. The molecule has 0 spiro atoms. The van der Waals surface area contributed by atoms with Crippen LogP contribution in [0.1, 0.15) is 23.3 Å². The Bertz CT molecular complexity index is 872. The summed E-state index contributed by atoms with van der Waals surface area (Å²) in [7, 11) is 0.871. The second kappa shape index (κ2) is 8.81. The number of rotatable bonds is 8. The van der Waals surface area contributed by atoms with Gasteiger partial charge in [0.25, 0.3) is 5.91 Å². The van der Waals surface area contributed by atoms with E-state index in [4.69, 9.17) is 10.5 Å². The number of pyridine rings is 1. The van der Waals surface area contributed by atoms with Crippen molar-refractivity contribution in [3.8, 4) is 0 Å². The van der Waals surface area contributed by atoms with Crippen molar-refractivity contribution in [2.24, 2.45) is 5.73 Å². The van der Waals surface area contributed by atoms with Crippen LogP contribution in [0.3, 0.4) is 0 Å². The van der Waals surface area contributed by atoms with E-state index in [1.807, 2.05) is 0 Å². The molecular formula is C20H32FN5O2Si. The number of nitrogens with two attached hydrogens (primary N) is 1. The number of piperidine rings is 1. The van der Waals surface area contributed by atoms with Gasteiger partial charge in [0.1, 0.15) is 18.2 Å². The third-order valence-electron chi connectivity index (χ3n) is 5.41. The molecule has 160 valence electrons. The number of carbonyl (C=O) groups is 1. The molecule has 0 aliphatic carbocycles. The van der Waals surface area contributed by atoms with E-state index in [0.29, 0.717) is 29.4 Å². The number of primary amides is 1. The number of anilines is 1. The molecule has 1 aliphatic heterocycles. The van der Waals surface area contributed by atoms with Crippen molar-refractivity contribution in [1.82, 2.24) is 14.5 Å². The van der Waals surface area contributed by atoms with Crippen molar-refractivity contribution < 1.29 is 13.9 Å². The number of nitrogens with zero attached hydrogens (tertiary/aromatic N) is 3. The Kier molecular flexibility index (Phi) is 6.60. The molecule has 0 atom stereocenters. The van der Waals surface area contributed by atoms with Gasteiger partial charge in [0, 0.05) is 26.1 Å². The molecule has 29 heavy (non-hydrogen) atoms. The van der Waals surface area contributed by atoms with Crippen LogP contribution in [0, 0.1) is 5.82 Å². The normalized spacial score (nSPS) is 16.4. The van der Waals surface area contributed by atoms with Gasteiger partial charge in [-0.2, -0.15) is 0 Å². The first-order valence-corrected chi connectivity index (χ1v) is 13.9. The van der Waals surface area contributed by atoms with E-state index in [9.17, 15) is 4.79 Å². The Hall–Kier alpha value is -1.97. The molecule has 1 saturated heterocycles. The molecular weight excluding hydrogens is 389 g/mol. The first kappa shape index (κ1) is 21.7. The van der Waals surface area contributed by atoms with E-state index in [-0.39, 0.29) is 12.4 Å². The minimum atomic E-state index is -1.24. The number of hydrogen-bond acceptors (Lipinski definition) is 5. The van der Waals surface area contributed by atoms with Gasteiger partial charge in [-0.15, -0.1) is 0 Å². The minimum absolute atomic E-state index is 0.0760. The highest BCUT2D eigenvalue weighted by atomic mass is 28.3. The Labute approximate surface area is 172 Å². The largest absolute Gasteiger partial charge is 0.367 e. The first-order valence-electron chi connectivity index (χ1n) is 10.2. The van der Waals surface area contributed by atoms with E-state index in [0.717, 1.165) is 32.0 Å². The van der Waals surface area contributed by atoms with Crippen molar-refractivity contribution in [2.45, 2.75) is 51.3 Å². The van der Waals surface area contributed by atoms with Crippen molar-refractivity contribution in [2.75, 3.05) is 32.1 Å². The summed E-state index contributed by atoms with van der Waals surface area (Å²) >= 11 is 0. The van der Waals surface area contributed by atoms with E-state index < -0.39 is 19.8 Å². The van der Waals surface area contributed by atoms with Gasteiger partial charge >= 0.3 is 0 Å². The highest BCUT2D eigenvalue weighted by molar-refractivity contribution is 6.76. The number of halogens is 1. The number of fused-ring (bicyclic) bond motifs is 1. The zero-order chi connectivity index (χ0) is 21.2. The van der Waals surface area contributed by atoms with E-state index in [1.54, 1.807) is 12.3 Å². The van der Waals surface area contributed by atoms with Crippen LogP contribution in [0.15, 0.2) is 12.3 Å². The zero-order valence-corrected chi connectivity index (χ0v) is 18.8. The van der Waals surface area contributed by atoms with Crippen LogP contribution < -0.4 is 11.1 Å². The predicted molar refractivity (Wildman–Crippen MR) is 116 cm³/mol. The molecule has 3 N–H and O–H groups in total. The molecule has 7 nitrogen and oxygen atoms in total. The summed E-state index contributed by atoms with van der Waals surface area (Å²) in [5.41, 5.74) is 5.82. The fourth-order valence-electron chi connectivity index (χ4n) is 3.56. The second-order valence-corrected chi connectivity index (χ2v) is 14.7. The summed E-state index contributed by atoms with van der Waals surface area (Å²) in [6, 6.07) is 2.96. The maximum absolute atomic E-state index is 15.0. The Morgan fingerprint density at radius 1 is 1.38 bits per heavy atom. The molecule has 0 unspecified atom stereocenters. The summed E-state index contributed by atoms with van der Waals surface area (Å²) in [4.78, 5) is 18.6. The SMILES string of the molecule is CN1CCC(Nc2cc3c(F)c(C(N)=O)n(COCC[Si](C)(C)C)c3cn2)CC1. The number of carbonyl (C=O) groups excluding carboxylic acids is 1. The highest BCUT2D eigenvalue weighted by Gasteiger charge is 2.23. The van der Waals surface area contributed by atoms with Gasteiger partial charge in [0.2, 0.25) is 0 Å². The van der Waals surface area contributed by atoms with E-state index in [2.05, 4.69) is 41.9 Å². The van der Waals surface area contributed by atoms with Crippen molar-refractivity contribution >= 4 is 30.7 Å². The zero-order valence-electron chi connectivity index (χ0n) is 17.8. The summed E-state index contributed by atoms with van der Waals surface area (Å²) in [5.74, 6) is -0.814. The molecule has 0 radical (unpaired) electrons. The lowest BCUT2D eigenvalue weighted by molar-refractivity contribution is 0.0823.